The van der Waals surface area contributed by atoms with Crippen molar-refractivity contribution in [2.45, 2.75) is 43.7 Å². The van der Waals surface area contributed by atoms with E-state index >= 15 is 0 Å². The summed E-state index contributed by atoms with van der Waals surface area (Å²) in [6.45, 7) is 3.41. The zero-order valence-corrected chi connectivity index (χ0v) is 13.2. The molecule has 0 aromatic carbocycles. The molecular formula is C13H18N2O3S2. The minimum atomic E-state index is -3.76. The number of carbonyl (C=O) groups excluding carboxylic acids is 1. The first-order chi connectivity index (χ1) is 9.40. The molecule has 110 valence electrons. The highest BCUT2D eigenvalue weighted by Gasteiger charge is 2.55. The monoisotopic (exact) mass is 314 g/mol. The van der Waals surface area contributed by atoms with E-state index in [1.165, 1.54) is 0 Å². The largest absolute Gasteiger partial charge is 0.275 e. The number of hydrogen-bond donors (Lipinski definition) is 1. The van der Waals surface area contributed by atoms with Crippen LogP contribution in [-0.4, -0.2) is 19.3 Å². The summed E-state index contributed by atoms with van der Waals surface area (Å²) >= 11 is 1.11. The molecule has 1 N–H and O–H groups in total. The quantitative estimate of drug-likeness (QED) is 0.926. The fourth-order valence-electron chi connectivity index (χ4n) is 3.39. The van der Waals surface area contributed by atoms with Gasteiger partial charge in [-0.3, -0.25) is 4.79 Å². The first-order valence-corrected chi connectivity index (χ1v) is 9.21. The zero-order valence-electron chi connectivity index (χ0n) is 11.5. The fourth-order valence-corrected chi connectivity index (χ4v) is 5.89. The van der Waals surface area contributed by atoms with Crippen molar-refractivity contribution < 1.29 is 13.2 Å². The highest BCUT2D eigenvalue weighted by molar-refractivity contribution is 7.92. The Labute approximate surface area is 122 Å². The SMILES string of the molecule is Cc1nc(C)c(S(=O)(=O)NC(=O)C2C3CCCCC32)s1. The number of thiazole rings is 1. The summed E-state index contributed by atoms with van der Waals surface area (Å²) in [4.78, 5) is 16.3. The lowest BCUT2D eigenvalue weighted by atomic mass is 10.0. The van der Waals surface area contributed by atoms with Crippen molar-refractivity contribution in [2.24, 2.45) is 17.8 Å². The summed E-state index contributed by atoms with van der Waals surface area (Å²) in [6.07, 6.45) is 4.43. The van der Waals surface area contributed by atoms with Crippen molar-refractivity contribution in [1.82, 2.24) is 9.71 Å². The van der Waals surface area contributed by atoms with Gasteiger partial charge in [-0.15, -0.1) is 11.3 Å². The second-order valence-electron chi connectivity index (χ2n) is 5.71. The maximum Gasteiger partial charge on any atom is 0.275 e. The van der Waals surface area contributed by atoms with E-state index in [-0.39, 0.29) is 16.0 Å². The smallest absolute Gasteiger partial charge is 0.274 e. The molecule has 2 aliphatic rings. The molecular weight excluding hydrogens is 296 g/mol. The normalized spacial score (nSPS) is 28.8. The number of amides is 1. The van der Waals surface area contributed by atoms with Crippen LogP contribution >= 0.6 is 11.3 Å². The lowest BCUT2D eigenvalue weighted by Crippen LogP contribution is -2.32. The first kappa shape index (κ1) is 14.0. The van der Waals surface area contributed by atoms with Gasteiger partial charge in [0.1, 0.15) is 0 Å². The lowest BCUT2D eigenvalue weighted by Gasteiger charge is -2.05. The Morgan fingerprint density at radius 1 is 1.25 bits per heavy atom. The highest BCUT2D eigenvalue weighted by atomic mass is 32.2. The van der Waals surface area contributed by atoms with Gasteiger partial charge in [-0.25, -0.2) is 18.1 Å². The molecule has 2 fully saturated rings. The molecule has 3 rings (SSSR count). The number of sulfonamides is 1. The van der Waals surface area contributed by atoms with Gasteiger partial charge in [0.15, 0.2) is 4.21 Å². The molecule has 1 heterocycles. The van der Waals surface area contributed by atoms with Crippen LogP contribution in [0.15, 0.2) is 4.21 Å². The number of fused-ring (bicyclic) bond motifs is 1. The van der Waals surface area contributed by atoms with Crippen LogP contribution in [0.25, 0.3) is 0 Å². The highest BCUT2D eigenvalue weighted by Crippen LogP contribution is 2.55. The maximum absolute atomic E-state index is 12.3. The Hall–Kier alpha value is -0.950. The molecule has 20 heavy (non-hydrogen) atoms. The first-order valence-electron chi connectivity index (χ1n) is 6.91. The van der Waals surface area contributed by atoms with E-state index < -0.39 is 10.0 Å². The summed E-state index contributed by atoms with van der Waals surface area (Å²) in [7, 11) is -3.76. The molecule has 2 atom stereocenters. The molecule has 2 unspecified atom stereocenters. The van der Waals surface area contributed by atoms with E-state index in [0.717, 1.165) is 37.0 Å². The van der Waals surface area contributed by atoms with Crippen molar-refractivity contribution in [3.63, 3.8) is 0 Å². The number of aryl methyl sites for hydroxylation is 2. The van der Waals surface area contributed by atoms with Crippen LogP contribution in [0, 0.1) is 31.6 Å². The van der Waals surface area contributed by atoms with E-state index in [2.05, 4.69) is 9.71 Å². The van der Waals surface area contributed by atoms with Crippen molar-refractivity contribution in [3.05, 3.63) is 10.7 Å². The van der Waals surface area contributed by atoms with E-state index in [1.54, 1.807) is 13.8 Å². The number of hydrogen-bond acceptors (Lipinski definition) is 5. The predicted molar refractivity (Wildman–Crippen MR) is 75.9 cm³/mol. The third kappa shape index (κ3) is 2.37. The van der Waals surface area contributed by atoms with Gasteiger partial charge in [0.25, 0.3) is 10.0 Å². The van der Waals surface area contributed by atoms with Crippen LogP contribution in [0.4, 0.5) is 0 Å². The number of nitrogens with one attached hydrogen (secondary N) is 1. The second kappa shape index (κ2) is 4.80. The lowest BCUT2D eigenvalue weighted by molar-refractivity contribution is -0.121. The second-order valence-corrected chi connectivity index (χ2v) is 8.79. The number of nitrogens with zero attached hydrogens (tertiary/aromatic N) is 1. The maximum atomic E-state index is 12.3. The standard InChI is InChI=1S/C13H18N2O3S2/c1-7-13(19-8(2)14-7)20(17,18)15-12(16)11-9-5-3-4-6-10(9)11/h9-11H,3-6H2,1-2H3,(H,15,16). The van der Waals surface area contributed by atoms with E-state index in [1.807, 2.05) is 0 Å². The van der Waals surface area contributed by atoms with E-state index in [4.69, 9.17) is 0 Å². The molecule has 1 aromatic rings. The summed E-state index contributed by atoms with van der Waals surface area (Å²) < 4.78 is 26.9. The molecule has 2 aliphatic carbocycles. The van der Waals surface area contributed by atoms with Gasteiger partial charge < -0.3 is 0 Å². The van der Waals surface area contributed by atoms with Crippen molar-refractivity contribution in [1.29, 1.82) is 0 Å². The Bertz CT molecular complexity index is 639. The summed E-state index contributed by atoms with van der Waals surface area (Å²) in [6, 6.07) is 0. The predicted octanol–water partition coefficient (Wildman–Crippen LogP) is 2.00. The Balaban J connectivity index is 1.74. The third-order valence-corrected chi connectivity index (χ3v) is 7.33. The van der Waals surface area contributed by atoms with Crippen LogP contribution in [0.3, 0.4) is 0 Å². The zero-order chi connectivity index (χ0) is 14.5. The molecule has 1 amide bonds. The average Bonchev–Trinajstić information content (AvgIpc) is 2.99. The Kier molecular flexibility index (Phi) is 3.36. The van der Waals surface area contributed by atoms with Crippen molar-refractivity contribution in [2.75, 3.05) is 0 Å². The molecule has 0 bridgehead atoms. The number of rotatable bonds is 3. The fraction of sp³-hybridized carbons (Fsp3) is 0.692. The molecule has 1 aromatic heterocycles. The molecule has 7 heteroatoms. The van der Waals surface area contributed by atoms with Gasteiger partial charge >= 0.3 is 0 Å². The minimum Gasteiger partial charge on any atom is -0.274 e. The molecule has 0 radical (unpaired) electrons. The Morgan fingerprint density at radius 3 is 2.35 bits per heavy atom. The Morgan fingerprint density at radius 2 is 1.85 bits per heavy atom. The molecule has 0 saturated heterocycles. The van der Waals surface area contributed by atoms with Crippen LogP contribution in [0.5, 0.6) is 0 Å². The van der Waals surface area contributed by atoms with Crippen LogP contribution < -0.4 is 4.72 Å². The molecule has 2 saturated carbocycles. The van der Waals surface area contributed by atoms with Crippen LogP contribution in [0.2, 0.25) is 0 Å². The van der Waals surface area contributed by atoms with Crippen molar-refractivity contribution >= 4 is 27.3 Å². The summed E-state index contributed by atoms with van der Waals surface area (Å²) in [5, 5.41) is 0.690. The number of aromatic nitrogens is 1. The van der Waals surface area contributed by atoms with E-state index in [0.29, 0.717) is 22.5 Å². The molecule has 0 aliphatic heterocycles. The van der Waals surface area contributed by atoms with Gasteiger partial charge in [-0.1, -0.05) is 12.8 Å². The molecule has 0 spiro atoms. The van der Waals surface area contributed by atoms with Crippen molar-refractivity contribution in [3.8, 4) is 0 Å². The van der Waals surface area contributed by atoms with Crippen LogP contribution in [0.1, 0.15) is 36.4 Å². The third-order valence-electron chi connectivity index (χ3n) is 4.30. The molecule has 5 nitrogen and oxygen atoms in total. The van der Waals surface area contributed by atoms with Crippen LogP contribution in [-0.2, 0) is 14.8 Å². The van der Waals surface area contributed by atoms with Gasteiger partial charge in [-0.2, -0.15) is 0 Å². The van der Waals surface area contributed by atoms with Gasteiger partial charge in [-0.05, 0) is 38.5 Å². The van der Waals surface area contributed by atoms with Gasteiger partial charge in [0.2, 0.25) is 5.91 Å². The van der Waals surface area contributed by atoms with Gasteiger partial charge in [0, 0.05) is 5.92 Å². The minimum absolute atomic E-state index is 0.0957. The summed E-state index contributed by atoms with van der Waals surface area (Å²) in [5.74, 6) is 0.389. The van der Waals surface area contributed by atoms with Gasteiger partial charge in [0.05, 0.1) is 10.7 Å². The topological polar surface area (TPSA) is 76.1 Å². The average molecular weight is 314 g/mol. The number of carbonyl (C=O) groups is 1. The summed E-state index contributed by atoms with van der Waals surface area (Å²) in [5.41, 5.74) is 0.459. The van der Waals surface area contributed by atoms with E-state index in [9.17, 15) is 13.2 Å².